The van der Waals surface area contributed by atoms with Gasteiger partial charge in [-0.05, 0) is 19.9 Å². The summed E-state index contributed by atoms with van der Waals surface area (Å²) in [7, 11) is 2.00. The number of nitrogens with one attached hydrogen (secondary N) is 1. The molecule has 0 unspecified atom stereocenters. The van der Waals surface area contributed by atoms with Gasteiger partial charge >= 0.3 is 0 Å². The zero-order chi connectivity index (χ0) is 7.73. The van der Waals surface area contributed by atoms with Gasteiger partial charge < -0.3 is 4.74 Å². The van der Waals surface area contributed by atoms with Crippen molar-refractivity contribution in [3.05, 3.63) is 0 Å². The van der Waals surface area contributed by atoms with Crippen molar-refractivity contribution in [3.63, 3.8) is 0 Å². The van der Waals surface area contributed by atoms with Gasteiger partial charge in [0.05, 0.1) is 13.2 Å². The third-order valence-corrected chi connectivity index (χ3v) is 2.96. The maximum atomic E-state index is 5.25. The Bertz CT molecular complexity index is 135. The first kappa shape index (κ1) is 7.53. The van der Waals surface area contributed by atoms with Crippen LogP contribution >= 0.6 is 0 Å². The van der Waals surface area contributed by atoms with Crippen molar-refractivity contribution in [2.24, 2.45) is 5.41 Å². The molecule has 0 aromatic carbocycles. The SMILES string of the molecule is CNN1CCC2(CC1)COC2. The summed E-state index contributed by atoms with van der Waals surface area (Å²) in [5, 5.41) is 2.28. The summed E-state index contributed by atoms with van der Waals surface area (Å²) in [4.78, 5) is 0. The highest BCUT2D eigenvalue weighted by atomic mass is 16.5. The van der Waals surface area contributed by atoms with Crippen LogP contribution in [0.4, 0.5) is 0 Å². The van der Waals surface area contributed by atoms with Gasteiger partial charge in [-0.25, -0.2) is 5.01 Å². The van der Waals surface area contributed by atoms with Crippen molar-refractivity contribution in [2.75, 3.05) is 33.4 Å². The second-order valence-corrected chi connectivity index (χ2v) is 3.70. The summed E-state index contributed by atoms with van der Waals surface area (Å²) in [5.41, 5.74) is 3.76. The smallest absolute Gasteiger partial charge is 0.0545 e. The first-order chi connectivity index (χ1) is 5.35. The number of nitrogens with zero attached hydrogens (tertiary/aromatic N) is 1. The fourth-order valence-electron chi connectivity index (χ4n) is 1.88. The molecule has 0 aliphatic carbocycles. The average Bonchev–Trinajstić information content (AvgIpc) is 2.02. The fraction of sp³-hybridized carbons (Fsp3) is 1.00. The predicted molar refractivity (Wildman–Crippen MR) is 43.1 cm³/mol. The molecule has 0 amide bonds. The minimum atomic E-state index is 0.577. The lowest BCUT2D eigenvalue weighted by molar-refractivity contribution is -0.143. The Hall–Kier alpha value is -0.120. The summed E-state index contributed by atoms with van der Waals surface area (Å²) >= 11 is 0. The van der Waals surface area contributed by atoms with Crippen LogP contribution in [0, 0.1) is 5.41 Å². The Balaban J connectivity index is 1.84. The van der Waals surface area contributed by atoms with Crippen LogP contribution in [0.3, 0.4) is 0 Å². The largest absolute Gasteiger partial charge is 0.380 e. The molecule has 2 saturated heterocycles. The van der Waals surface area contributed by atoms with Crippen molar-refractivity contribution in [1.82, 2.24) is 10.4 Å². The quantitative estimate of drug-likeness (QED) is 0.588. The second kappa shape index (κ2) is 2.73. The van der Waals surface area contributed by atoms with Gasteiger partial charge in [0.25, 0.3) is 0 Å². The molecule has 0 bridgehead atoms. The number of hydrazine groups is 1. The molecule has 3 heteroatoms. The minimum Gasteiger partial charge on any atom is -0.380 e. The molecule has 2 heterocycles. The van der Waals surface area contributed by atoms with E-state index < -0.39 is 0 Å². The van der Waals surface area contributed by atoms with E-state index in [-0.39, 0.29) is 0 Å². The van der Waals surface area contributed by atoms with Crippen molar-refractivity contribution >= 4 is 0 Å². The van der Waals surface area contributed by atoms with Crippen LogP contribution in [0.25, 0.3) is 0 Å². The van der Waals surface area contributed by atoms with Gasteiger partial charge in [-0.15, -0.1) is 0 Å². The molecule has 0 aromatic rings. The van der Waals surface area contributed by atoms with Crippen molar-refractivity contribution in [3.8, 4) is 0 Å². The number of hydrogen-bond donors (Lipinski definition) is 1. The van der Waals surface area contributed by atoms with Crippen molar-refractivity contribution in [1.29, 1.82) is 0 Å². The Morgan fingerprint density at radius 1 is 1.27 bits per heavy atom. The van der Waals surface area contributed by atoms with E-state index >= 15 is 0 Å². The third kappa shape index (κ3) is 1.28. The number of hydrogen-bond acceptors (Lipinski definition) is 3. The van der Waals surface area contributed by atoms with Gasteiger partial charge in [-0.1, -0.05) is 0 Å². The summed E-state index contributed by atoms with van der Waals surface area (Å²) < 4.78 is 5.25. The topological polar surface area (TPSA) is 24.5 Å². The maximum Gasteiger partial charge on any atom is 0.0545 e. The molecule has 64 valence electrons. The third-order valence-electron chi connectivity index (χ3n) is 2.96. The van der Waals surface area contributed by atoms with E-state index in [0.717, 1.165) is 13.2 Å². The standard InChI is InChI=1S/C8H16N2O/c1-9-10-4-2-8(3-5-10)6-11-7-8/h9H,2-7H2,1H3. The van der Waals surface area contributed by atoms with E-state index in [1.165, 1.54) is 25.9 Å². The van der Waals surface area contributed by atoms with E-state index in [1.54, 1.807) is 0 Å². The molecule has 2 aliphatic heterocycles. The monoisotopic (exact) mass is 156 g/mol. The van der Waals surface area contributed by atoms with E-state index in [9.17, 15) is 0 Å². The van der Waals surface area contributed by atoms with Crippen LogP contribution < -0.4 is 5.43 Å². The lowest BCUT2D eigenvalue weighted by atomic mass is 9.77. The molecular weight excluding hydrogens is 140 g/mol. The van der Waals surface area contributed by atoms with Crippen LogP contribution in [0.5, 0.6) is 0 Å². The van der Waals surface area contributed by atoms with Crippen LogP contribution in [0.1, 0.15) is 12.8 Å². The van der Waals surface area contributed by atoms with Crippen LogP contribution in [-0.2, 0) is 4.74 Å². The lowest BCUT2D eigenvalue weighted by Gasteiger charge is -2.47. The zero-order valence-electron chi connectivity index (χ0n) is 7.10. The molecule has 3 nitrogen and oxygen atoms in total. The maximum absolute atomic E-state index is 5.25. The van der Waals surface area contributed by atoms with Crippen molar-refractivity contribution in [2.45, 2.75) is 12.8 Å². The molecular formula is C8H16N2O. The number of ether oxygens (including phenoxy) is 1. The van der Waals surface area contributed by atoms with Gasteiger partial charge in [0.15, 0.2) is 0 Å². The zero-order valence-corrected chi connectivity index (χ0v) is 7.10. The summed E-state index contributed by atoms with van der Waals surface area (Å²) in [5.74, 6) is 0. The summed E-state index contributed by atoms with van der Waals surface area (Å²) in [6.07, 6.45) is 2.60. The van der Waals surface area contributed by atoms with Gasteiger partial charge in [-0.3, -0.25) is 5.43 Å². The molecule has 0 atom stereocenters. The first-order valence-corrected chi connectivity index (χ1v) is 4.35. The fourth-order valence-corrected chi connectivity index (χ4v) is 1.88. The van der Waals surface area contributed by atoms with E-state index in [0.29, 0.717) is 5.41 Å². The molecule has 2 aliphatic rings. The Morgan fingerprint density at radius 3 is 2.27 bits per heavy atom. The molecule has 2 rings (SSSR count). The molecule has 1 N–H and O–H groups in total. The molecule has 0 radical (unpaired) electrons. The normalized spacial score (nSPS) is 30.3. The van der Waals surface area contributed by atoms with E-state index in [4.69, 9.17) is 4.74 Å². The minimum absolute atomic E-state index is 0.577. The second-order valence-electron chi connectivity index (χ2n) is 3.70. The highest BCUT2D eigenvalue weighted by molar-refractivity contribution is 4.89. The van der Waals surface area contributed by atoms with E-state index in [2.05, 4.69) is 10.4 Å². The average molecular weight is 156 g/mol. The highest BCUT2D eigenvalue weighted by Gasteiger charge is 2.40. The molecule has 0 saturated carbocycles. The van der Waals surface area contributed by atoms with Crippen LogP contribution in [0.2, 0.25) is 0 Å². The van der Waals surface area contributed by atoms with Gasteiger partial charge in [0, 0.05) is 18.5 Å². The number of piperidine rings is 1. The van der Waals surface area contributed by atoms with E-state index in [1.807, 2.05) is 7.05 Å². The highest BCUT2D eigenvalue weighted by Crippen LogP contribution is 2.37. The first-order valence-electron chi connectivity index (χ1n) is 4.35. The van der Waals surface area contributed by atoms with Gasteiger partial charge in [-0.2, -0.15) is 0 Å². The van der Waals surface area contributed by atoms with Crippen LogP contribution in [0.15, 0.2) is 0 Å². The summed E-state index contributed by atoms with van der Waals surface area (Å²) in [6, 6.07) is 0. The Morgan fingerprint density at radius 2 is 1.91 bits per heavy atom. The molecule has 2 fully saturated rings. The van der Waals surface area contributed by atoms with Crippen LogP contribution in [-0.4, -0.2) is 38.4 Å². The Labute approximate surface area is 67.7 Å². The Kier molecular flexibility index (Phi) is 1.87. The summed E-state index contributed by atoms with van der Waals surface area (Å²) in [6.45, 7) is 4.37. The predicted octanol–water partition coefficient (Wildman–Crippen LogP) is 0.233. The number of rotatable bonds is 1. The van der Waals surface area contributed by atoms with Gasteiger partial charge in [0.1, 0.15) is 0 Å². The van der Waals surface area contributed by atoms with Crippen molar-refractivity contribution < 1.29 is 4.74 Å². The molecule has 1 spiro atoms. The van der Waals surface area contributed by atoms with Gasteiger partial charge in [0.2, 0.25) is 0 Å². The lowest BCUT2D eigenvalue weighted by Crippen LogP contribution is -2.53. The molecule has 11 heavy (non-hydrogen) atoms. The molecule has 0 aromatic heterocycles.